The molecular formula is C8H13N3. The van der Waals surface area contributed by atoms with Gasteiger partial charge in [-0.3, -0.25) is 0 Å². The molecule has 0 saturated carbocycles. The summed E-state index contributed by atoms with van der Waals surface area (Å²) >= 11 is 0. The Morgan fingerprint density at radius 1 is 1.27 bits per heavy atom. The highest BCUT2D eigenvalue weighted by Gasteiger charge is 1.86. The molecule has 3 heteroatoms. The van der Waals surface area contributed by atoms with E-state index in [1.807, 2.05) is 0 Å². The van der Waals surface area contributed by atoms with Crippen LogP contribution < -0.4 is 0 Å². The van der Waals surface area contributed by atoms with Gasteiger partial charge < -0.3 is 0 Å². The fraction of sp³-hybridized carbons (Fsp3) is 0.750. The van der Waals surface area contributed by atoms with Gasteiger partial charge in [0.15, 0.2) is 0 Å². The summed E-state index contributed by atoms with van der Waals surface area (Å²) in [6.45, 7) is 0.618. The smallest absolute Gasteiger partial charge is 0.0257 e. The quantitative estimate of drug-likeness (QED) is 0.184. The van der Waals surface area contributed by atoms with Crippen molar-refractivity contribution in [3.8, 4) is 12.3 Å². The predicted octanol–water partition coefficient (Wildman–Crippen LogP) is 2.88. The molecule has 0 aromatic heterocycles. The first-order valence-electron chi connectivity index (χ1n) is 3.86. The van der Waals surface area contributed by atoms with E-state index in [2.05, 4.69) is 15.9 Å². The van der Waals surface area contributed by atoms with Gasteiger partial charge in [-0.15, -0.1) is 12.3 Å². The Morgan fingerprint density at radius 2 is 2.00 bits per heavy atom. The third-order valence-electron chi connectivity index (χ3n) is 1.39. The summed E-state index contributed by atoms with van der Waals surface area (Å²) in [5.74, 6) is 2.59. The van der Waals surface area contributed by atoms with Gasteiger partial charge in [-0.25, -0.2) is 0 Å². The van der Waals surface area contributed by atoms with E-state index in [0.29, 0.717) is 6.54 Å². The van der Waals surface area contributed by atoms with Crippen molar-refractivity contribution < 1.29 is 0 Å². The highest BCUT2D eigenvalue weighted by atomic mass is 15.1. The molecule has 0 saturated heterocycles. The van der Waals surface area contributed by atoms with E-state index in [1.165, 1.54) is 0 Å². The molecule has 0 rings (SSSR count). The van der Waals surface area contributed by atoms with E-state index in [0.717, 1.165) is 32.1 Å². The molecule has 0 spiro atoms. The molecule has 0 aliphatic carbocycles. The monoisotopic (exact) mass is 151 g/mol. The first-order chi connectivity index (χ1) is 5.41. The molecule has 0 bridgehead atoms. The van der Waals surface area contributed by atoms with E-state index >= 15 is 0 Å². The van der Waals surface area contributed by atoms with E-state index in [9.17, 15) is 0 Å². The maximum atomic E-state index is 7.94. The summed E-state index contributed by atoms with van der Waals surface area (Å²) in [5.41, 5.74) is 7.94. The normalized spacial score (nSPS) is 8.27. The number of terminal acetylenes is 1. The van der Waals surface area contributed by atoms with Gasteiger partial charge in [0.1, 0.15) is 0 Å². The Hall–Kier alpha value is -1.13. The van der Waals surface area contributed by atoms with Crippen LogP contribution in [0.1, 0.15) is 32.1 Å². The second kappa shape index (κ2) is 8.87. The Morgan fingerprint density at radius 3 is 2.64 bits per heavy atom. The van der Waals surface area contributed by atoms with E-state index in [4.69, 9.17) is 12.0 Å². The summed E-state index contributed by atoms with van der Waals surface area (Å²) in [6.07, 6.45) is 10.3. The average Bonchev–Trinajstić information content (AvgIpc) is 2.03. The van der Waals surface area contributed by atoms with Crippen LogP contribution >= 0.6 is 0 Å². The first kappa shape index (κ1) is 9.87. The zero-order chi connectivity index (χ0) is 8.36. The summed E-state index contributed by atoms with van der Waals surface area (Å²) < 4.78 is 0. The molecule has 0 heterocycles. The molecule has 11 heavy (non-hydrogen) atoms. The third-order valence-corrected chi connectivity index (χ3v) is 1.39. The molecule has 0 aliphatic heterocycles. The Balaban J connectivity index is 2.91. The summed E-state index contributed by atoms with van der Waals surface area (Å²) in [4.78, 5) is 2.66. The molecule has 0 aromatic carbocycles. The molecule has 0 aromatic rings. The largest absolute Gasteiger partial charge is 0.120 e. The lowest BCUT2D eigenvalue weighted by Crippen LogP contribution is -1.80. The number of unbranched alkanes of at least 4 members (excludes halogenated alkanes) is 4. The summed E-state index contributed by atoms with van der Waals surface area (Å²) in [5, 5.41) is 3.43. The molecule has 0 radical (unpaired) electrons. The van der Waals surface area contributed by atoms with Crippen LogP contribution in [0.15, 0.2) is 5.11 Å². The van der Waals surface area contributed by atoms with Gasteiger partial charge in [-0.05, 0) is 18.4 Å². The predicted molar refractivity (Wildman–Crippen MR) is 45.9 cm³/mol. The number of hydrogen-bond acceptors (Lipinski definition) is 1. The van der Waals surface area contributed by atoms with Gasteiger partial charge in [0.05, 0.1) is 0 Å². The highest BCUT2D eigenvalue weighted by Crippen LogP contribution is 2.01. The molecule has 3 nitrogen and oxygen atoms in total. The Bertz CT molecular complexity index is 163. The number of rotatable bonds is 6. The van der Waals surface area contributed by atoms with Crippen molar-refractivity contribution >= 4 is 0 Å². The molecule has 0 N–H and O–H groups in total. The molecule has 0 fully saturated rings. The van der Waals surface area contributed by atoms with Crippen LogP contribution in [-0.4, -0.2) is 6.54 Å². The molecule has 0 unspecified atom stereocenters. The Kier molecular flexibility index (Phi) is 7.96. The molecular weight excluding hydrogens is 138 g/mol. The summed E-state index contributed by atoms with van der Waals surface area (Å²) in [7, 11) is 0. The minimum atomic E-state index is 0.618. The van der Waals surface area contributed by atoms with Crippen LogP contribution in [-0.2, 0) is 0 Å². The second-order valence-electron chi connectivity index (χ2n) is 2.32. The van der Waals surface area contributed by atoms with Crippen molar-refractivity contribution in [3.05, 3.63) is 10.4 Å². The van der Waals surface area contributed by atoms with Crippen molar-refractivity contribution in [2.45, 2.75) is 32.1 Å². The van der Waals surface area contributed by atoms with E-state index in [1.54, 1.807) is 0 Å². The molecule has 60 valence electrons. The number of hydrogen-bond donors (Lipinski definition) is 0. The fourth-order valence-corrected chi connectivity index (χ4v) is 0.808. The first-order valence-corrected chi connectivity index (χ1v) is 3.86. The van der Waals surface area contributed by atoms with Gasteiger partial charge in [0.25, 0.3) is 0 Å². The van der Waals surface area contributed by atoms with Gasteiger partial charge in [0, 0.05) is 17.9 Å². The Labute approximate surface area is 67.4 Å². The topological polar surface area (TPSA) is 48.8 Å². The van der Waals surface area contributed by atoms with Crippen LogP contribution in [0.3, 0.4) is 0 Å². The minimum absolute atomic E-state index is 0.618. The maximum Gasteiger partial charge on any atom is 0.0257 e. The van der Waals surface area contributed by atoms with Crippen LogP contribution in [0.4, 0.5) is 0 Å². The zero-order valence-corrected chi connectivity index (χ0v) is 6.66. The van der Waals surface area contributed by atoms with Crippen LogP contribution in [0.5, 0.6) is 0 Å². The van der Waals surface area contributed by atoms with Crippen molar-refractivity contribution in [1.82, 2.24) is 0 Å². The second-order valence-corrected chi connectivity index (χ2v) is 2.32. The van der Waals surface area contributed by atoms with E-state index in [-0.39, 0.29) is 0 Å². The van der Waals surface area contributed by atoms with Gasteiger partial charge >= 0.3 is 0 Å². The molecule has 0 amide bonds. The van der Waals surface area contributed by atoms with Crippen LogP contribution in [0.25, 0.3) is 10.4 Å². The average molecular weight is 151 g/mol. The van der Waals surface area contributed by atoms with Gasteiger partial charge in [0.2, 0.25) is 0 Å². The van der Waals surface area contributed by atoms with E-state index < -0.39 is 0 Å². The summed E-state index contributed by atoms with van der Waals surface area (Å²) in [6, 6.07) is 0. The third kappa shape index (κ3) is 8.87. The highest BCUT2D eigenvalue weighted by molar-refractivity contribution is 4.82. The zero-order valence-electron chi connectivity index (χ0n) is 6.66. The van der Waals surface area contributed by atoms with Crippen molar-refractivity contribution in [2.75, 3.05) is 6.54 Å². The van der Waals surface area contributed by atoms with Crippen LogP contribution in [0.2, 0.25) is 0 Å². The minimum Gasteiger partial charge on any atom is -0.120 e. The van der Waals surface area contributed by atoms with Crippen LogP contribution in [0, 0.1) is 12.3 Å². The van der Waals surface area contributed by atoms with Crippen molar-refractivity contribution in [2.24, 2.45) is 5.11 Å². The molecule has 0 atom stereocenters. The number of nitrogens with zero attached hydrogens (tertiary/aromatic N) is 3. The lowest BCUT2D eigenvalue weighted by atomic mass is 10.1. The van der Waals surface area contributed by atoms with Gasteiger partial charge in [-0.2, -0.15) is 0 Å². The standard InChI is InChI=1S/C8H13N3/c1-2-3-4-5-6-7-8-10-11-9/h1H,3-8H2. The van der Waals surface area contributed by atoms with Crippen molar-refractivity contribution in [1.29, 1.82) is 0 Å². The lowest BCUT2D eigenvalue weighted by molar-refractivity contribution is 0.656. The lowest BCUT2D eigenvalue weighted by Gasteiger charge is -1.93. The SMILES string of the molecule is C#CCCCCCCN=[N+]=[N-]. The number of azide groups is 1. The van der Waals surface area contributed by atoms with Crippen molar-refractivity contribution in [3.63, 3.8) is 0 Å². The molecule has 0 aliphatic rings. The fourth-order valence-electron chi connectivity index (χ4n) is 0.808. The van der Waals surface area contributed by atoms with Gasteiger partial charge in [-0.1, -0.05) is 18.0 Å². The maximum absolute atomic E-state index is 7.94.